The Morgan fingerprint density at radius 3 is 2.74 bits per heavy atom. The van der Waals surface area contributed by atoms with Gasteiger partial charge in [0.05, 0.1) is 12.7 Å². The summed E-state index contributed by atoms with van der Waals surface area (Å²) in [6.07, 6.45) is 1.16. The first kappa shape index (κ1) is 12.8. The van der Waals surface area contributed by atoms with Crippen molar-refractivity contribution in [2.75, 3.05) is 26.4 Å². The topological polar surface area (TPSA) is 39.7 Å². The minimum Gasteiger partial charge on any atom is -0.486 e. The maximum Gasteiger partial charge on any atom is 0.161 e. The molecule has 104 valence electrons. The summed E-state index contributed by atoms with van der Waals surface area (Å²) in [7, 11) is 0. The van der Waals surface area contributed by atoms with E-state index in [1.807, 2.05) is 12.1 Å². The van der Waals surface area contributed by atoms with Crippen LogP contribution in [0.5, 0.6) is 11.5 Å². The molecule has 2 heterocycles. The minimum absolute atomic E-state index is 0.0930. The molecule has 0 bridgehead atoms. The van der Waals surface area contributed by atoms with E-state index in [9.17, 15) is 0 Å². The molecule has 4 nitrogen and oxygen atoms in total. The van der Waals surface area contributed by atoms with Gasteiger partial charge in [-0.25, -0.2) is 0 Å². The van der Waals surface area contributed by atoms with Crippen LogP contribution in [0.3, 0.4) is 0 Å². The molecule has 1 saturated heterocycles. The largest absolute Gasteiger partial charge is 0.486 e. The number of hydrogen-bond donors (Lipinski definition) is 1. The van der Waals surface area contributed by atoms with Gasteiger partial charge in [0.15, 0.2) is 11.5 Å². The molecule has 0 spiro atoms. The number of fused-ring (bicyclic) bond motifs is 1. The van der Waals surface area contributed by atoms with Crippen molar-refractivity contribution in [2.24, 2.45) is 0 Å². The highest BCUT2D eigenvalue weighted by Gasteiger charge is 2.30. The molecular weight excluding hydrogens is 242 g/mol. The molecule has 0 radical (unpaired) electrons. The van der Waals surface area contributed by atoms with E-state index in [0.29, 0.717) is 13.2 Å². The number of nitrogens with one attached hydrogen (secondary N) is 1. The van der Waals surface area contributed by atoms with Crippen LogP contribution in [-0.2, 0) is 4.74 Å². The second-order valence-electron chi connectivity index (χ2n) is 5.50. The molecule has 1 aromatic rings. The maximum atomic E-state index is 6.00. The third kappa shape index (κ3) is 2.55. The average Bonchev–Trinajstić information content (AvgIpc) is 2.47. The molecule has 19 heavy (non-hydrogen) atoms. The zero-order valence-corrected chi connectivity index (χ0v) is 11.6. The van der Waals surface area contributed by atoms with E-state index in [2.05, 4.69) is 25.2 Å². The lowest BCUT2D eigenvalue weighted by atomic mass is 9.96. The summed E-state index contributed by atoms with van der Waals surface area (Å²) in [5.41, 5.74) is 1.25. The molecule has 2 atom stereocenters. The molecule has 2 unspecified atom stereocenters. The van der Waals surface area contributed by atoms with Gasteiger partial charge in [-0.3, -0.25) is 0 Å². The first-order valence-corrected chi connectivity index (χ1v) is 6.96. The molecule has 1 fully saturated rings. The lowest BCUT2D eigenvalue weighted by Crippen LogP contribution is -2.52. The van der Waals surface area contributed by atoms with Crippen LogP contribution < -0.4 is 14.8 Å². The van der Waals surface area contributed by atoms with Gasteiger partial charge in [0.25, 0.3) is 0 Å². The molecule has 2 aliphatic heterocycles. The van der Waals surface area contributed by atoms with Gasteiger partial charge in [-0.2, -0.15) is 0 Å². The molecule has 4 heteroatoms. The highest BCUT2D eigenvalue weighted by atomic mass is 16.6. The third-order valence-corrected chi connectivity index (χ3v) is 4.04. The molecule has 0 aromatic heterocycles. The van der Waals surface area contributed by atoms with E-state index in [1.54, 1.807) is 0 Å². The monoisotopic (exact) mass is 263 g/mol. The van der Waals surface area contributed by atoms with Crippen molar-refractivity contribution in [3.05, 3.63) is 23.8 Å². The fourth-order valence-electron chi connectivity index (χ4n) is 2.43. The van der Waals surface area contributed by atoms with Crippen molar-refractivity contribution < 1.29 is 14.2 Å². The van der Waals surface area contributed by atoms with Crippen LogP contribution >= 0.6 is 0 Å². The SMILES string of the molecule is CCC1(C)COC(c2ccc3c(c2)OCCO3)CN1. The number of morpholine rings is 1. The predicted molar refractivity (Wildman–Crippen MR) is 72.8 cm³/mol. The number of ether oxygens (including phenoxy) is 3. The number of hydrogen-bond acceptors (Lipinski definition) is 4. The number of rotatable bonds is 2. The molecule has 0 amide bonds. The smallest absolute Gasteiger partial charge is 0.161 e. The van der Waals surface area contributed by atoms with Gasteiger partial charge in [0.2, 0.25) is 0 Å². The van der Waals surface area contributed by atoms with Crippen molar-refractivity contribution in [3.8, 4) is 11.5 Å². The second kappa shape index (κ2) is 5.02. The first-order chi connectivity index (χ1) is 9.20. The van der Waals surface area contributed by atoms with Crippen LogP contribution in [0.15, 0.2) is 18.2 Å². The Hall–Kier alpha value is -1.26. The van der Waals surface area contributed by atoms with Crippen molar-refractivity contribution >= 4 is 0 Å². The molecule has 0 saturated carbocycles. The van der Waals surface area contributed by atoms with Crippen LogP contribution in [0.25, 0.3) is 0 Å². The van der Waals surface area contributed by atoms with E-state index in [1.165, 1.54) is 0 Å². The summed E-state index contributed by atoms with van der Waals surface area (Å²) in [6.45, 7) is 7.21. The fraction of sp³-hybridized carbons (Fsp3) is 0.600. The molecule has 1 N–H and O–H groups in total. The quantitative estimate of drug-likeness (QED) is 0.888. The fourth-order valence-corrected chi connectivity index (χ4v) is 2.43. The van der Waals surface area contributed by atoms with Crippen LogP contribution in [0.2, 0.25) is 0 Å². The van der Waals surface area contributed by atoms with Gasteiger partial charge in [-0.15, -0.1) is 0 Å². The van der Waals surface area contributed by atoms with E-state index in [4.69, 9.17) is 14.2 Å². The van der Waals surface area contributed by atoms with Gasteiger partial charge in [-0.05, 0) is 31.0 Å². The molecular formula is C15H21NO3. The lowest BCUT2D eigenvalue weighted by Gasteiger charge is -2.38. The Balaban J connectivity index is 1.73. The van der Waals surface area contributed by atoms with Crippen LogP contribution in [0.1, 0.15) is 31.9 Å². The Morgan fingerprint density at radius 2 is 2.05 bits per heavy atom. The van der Waals surface area contributed by atoms with Gasteiger partial charge in [-0.1, -0.05) is 13.0 Å². The Bertz CT molecular complexity index is 453. The van der Waals surface area contributed by atoms with Gasteiger partial charge >= 0.3 is 0 Å². The van der Waals surface area contributed by atoms with Crippen LogP contribution in [0.4, 0.5) is 0 Å². The van der Waals surface area contributed by atoms with E-state index in [0.717, 1.165) is 36.6 Å². The average molecular weight is 263 g/mol. The van der Waals surface area contributed by atoms with Crippen molar-refractivity contribution in [2.45, 2.75) is 31.9 Å². The van der Waals surface area contributed by atoms with Crippen molar-refractivity contribution in [1.29, 1.82) is 0 Å². The van der Waals surface area contributed by atoms with E-state index < -0.39 is 0 Å². The zero-order chi connectivity index (χ0) is 13.3. The van der Waals surface area contributed by atoms with Crippen molar-refractivity contribution in [3.63, 3.8) is 0 Å². The minimum atomic E-state index is 0.0930. The van der Waals surface area contributed by atoms with Gasteiger partial charge in [0.1, 0.15) is 13.2 Å². The lowest BCUT2D eigenvalue weighted by molar-refractivity contribution is -0.0300. The Labute approximate surface area is 114 Å². The molecule has 0 aliphatic carbocycles. The Kier molecular flexibility index (Phi) is 3.37. The zero-order valence-electron chi connectivity index (χ0n) is 11.6. The van der Waals surface area contributed by atoms with Gasteiger partial charge in [0, 0.05) is 12.1 Å². The van der Waals surface area contributed by atoms with E-state index >= 15 is 0 Å². The van der Waals surface area contributed by atoms with E-state index in [-0.39, 0.29) is 11.6 Å². The molecule has 1 aromatic carbocycles. The molecule has 2 aliphatic rings. The summed E-state index contributed by atoms with van der Waals surface area (Å²) in [5, 5.41) is 3.58. The third-order valence-electron chi connectivity index (χ3n) is 4.04. The van der Waals surface area contributed by atoms with Gasteiger partial charge < -0.3 is 19.5 Å². The highest BCUT2D eigenvalue weighted by molar-refractivity contribution is 5.44. The van der Waals surface area contributed by atoms with Crippen LogP contribution in [0, 0.1) is 0 Å². The summed E-state index contributed by atoms with van der Waals surface area (Å²) in [5.74, 6) is 1.66. The normalized spacial score (nSPS) is 30.1. The maximum absolute atomic E-state index is 6.00. The Morgan fingerprint density at radius 1 is 1.26 bits per heavy atom. The predicted octanol–water partition coefficient (Wildman–Crippen LogP) is 2.29. The summed E-state index contributed by atoms with van der Waals surface area (Å²) >= 11 is 0. The van der Waals surface area contributed by atoms with Crippen molar-refractivity contribution in [1.82, 2.24) is 5.32 Å². The summed E-state index contributed by atoms with van der Waals surface area (Å²) < 4.78 is 17.2. The van der Waals surface area contributed by atoms with Crippen LogP contribution in [-0.4, -0.2) is 31.9 Å². The standard InChI is InChI=1S/C15H21NO3/c1-3-15(2)10-19-14(9-16-15)11-4-5-12-13(8-11)18-7-6-17-12/h4-5,8,14,16H,3,6-7,9-10H2,1-2H3. The number of benzene rings is 1. The first-order valence-electron chi connectivity index (χ1n) is 6.96. The summed E-state index contributed by atoms with van der Waals surface area (Å²) in [4.78, 5) is 0. The second-order valence-corrected chi connectivity index (χ2v) is 5.50. The highest BCUT2D eigenvalue weighted by Crippen LogP contribution is 2.34. The molecule has 3 rings (SSSR count). The summed E-state index contributed by atoms with van der Waals surface area (Å²) in [6, 6.07) is 6.07.